The van der Waals surface area contributed by atoms with Gasteiger partial charge in [-0.15, -0.1) is 0 Å². The number of nitrogens with zero attached hydrogens (tertiary/aromatic N) is 1. The number of nitrogens with one attached hydrogen (secondary N) is 2. The Balaban J connectivity index is 1.71. The van der Waals surface area contributed by atoms with E-state index in [4.69, 9.17) is 32.4 Å². The number of carbonyl (C=O) groups is 2. The number of carbonyl (C=O) groups excluding carboxylic acids is 2. The normalized spacial score (nSPS) is 15.1. The van der Waals surface area contributed by atoms with Gasteiger partial charge in [0.1, 0.15) is 5.76 Å². The van der Waals surface area contributed by atoms with Crippen molar-refractivity contribution in [2.24, 2.45) is 0 Å². The van der Waals surface area contributed by atoms with Crippen LogP contribution in [0.4, 0.5) is 5.69 Å². The van der Waals surface area contributed by atoms with E-state index in [1.165, 1.54) is 6.26 Å². The van der Waals surface area contributed by atoms with Gasteiger partial charge in [0, 0.05) is 0 Å². The van der Waals surface area contributed by atoms with Gasteiger partial charge >= 0.3 is 5.97 Å². The second kappa shape index (κ2) is 12.1. The van der Waals surface area contributed by atoms with Crippen LogP contribution in [0.15, 0.2) is 87.5 Å². The molecule has 2 aromatic carbocycles. The number of anilines is 1. The zero-order valence-electron chi connectivity index (χ0n) is 19.6. The minimum atomic E-state index is -0.830. The third-order valence-electron chi connectivity index (χ3n) is 5.41. The second-order valence-electron chi connectivity index (χ2n) is 7.74. The third kappa shape index (κ3) is 5.86. The SMILES string of the molecule is CCOC(=O)C1=C(c2ccccc2)NC(SCC(=O)Nc2cccc(Cl)c2Cl)=C(C#N)[C@H]1c1ccco1. The number of rotatable bonds is 8. The Hall–Kier alpha value is -3.64. The average molecular weight is 554 g/mol. The molecule has 1 amide bonds. The summed E-state index contributed by atoms with van der Waals surface area (Å²) in [5.41, 5.74) is 2.05. The molecule has 2 heterocycles. The Morgan fingerprint density at radius 2 is 1.92 bits per heavy atom. The second-order valence-corrected chi connectivity index (χ2v) is 9.51. The summed E-state index contributed by atoms with van der Waals surface area (Å²) >= 11 is 13.4. The number of ether oxygens (including phenoxy) is 1. The largest absolute Gasteiger partial charge is 0.468 e. The Morgan fingerprint density at radius 1 is 1.14 bits per heavy atom. The summed E-state index contributed by atoms with van der Waals surface area (Å²) in [5, 5.41) is 17.1. The van der Waals surface area contributed by atoms with E-state index in [2.05, 4.69) is 16.7 Å². The van der Waals surface area contributed by atoms with Crippen LogP contribution in [0.2, 0.25) is 10.0 Å². The van der Waals surface area contributed by atoms with Gasteiger partial charge in [0.25, 0.3) is 0 Å². The van der Waals surface area contributed by atoms with Crippen molar-refractivity contribution in [1.82, 2.24) is 5.32 Å². The van der Waals surface area contributed by atoms with Crippen molar-refractivity contribution in [3.8, 4) is 6.07 Å². The maximum atomic E-state index is 13.2. The number of benzene rings is 2. The van der Waals surface area contributed by atoms with E-state index in [-0.39, 0.29) is 34.4 Å². The first kappa shape index (κ1) is 26.4. The predicted octanol–water partition coefficient (Wildman–Crippen LogP) is 6.35. The maximum Gasteiger partial charge on any atom is 0.337 e. The molecule has 37 heavy (non-hydrogen) atoms. The number of thioether (sulfide) groups is 1. The van der Waals surface area contributed by atoms with Crippen molar-refractivity contribution in [2.75, 3.05) is 17.7 Å². The molecule has 2 N–H and O–H groups in total. The summed E-state index contributed by atoms with van der Waals surface area (Å²) in [7, 11) is 0. The fraction of sp³-hybridized carbons (Fsp3) is 0.148. The van der Waals surface area contributed by atoms with Gasteiger partial charge in [0.15, 0.2) is 0 Å². The molecule has 188 valence electrons. The summed E-state index contributed by atoms with van der Waals surface area (Å²) in [6.45, 7) is 1.88. The van der Waals surface area contributed by atoms with Crippen LogP contribution in [0.25, 0.3) is 5.70 Å². The molecule has 1 atom stereocenters. The van der Waals surface area contributed by atoms with Gasteiger partial charge in [-0.3, -0.25) is 4.79 Å². The van der Waals surface area contributed by atoms with E-state index in [1.807, 2.05) is 30.3 Å². The average Bonchev–Trinajstić information content (AvgIpc) is 3.44. The van der Waals surface area contributed by atoms with Gasteiger partial charge in [-0.1, -0.05) is 71.4 Å². The molecule has 10 heteroatoms. The molecule has 4 rings (SSSR count). The zero-order valence-corrected chi connectivity index (χ0v) is 21.9. The Bertz CT molecular complexity index is 1410. The van der Waals surface area contributed by atoms with Crippen LogP contribution in [0, 0.1) is 11.3 Å². The number of hydrogen-bond acceptors (Lipinski definition) is 7. The number of amides is 1. The summed E-state index contributed by atoms with van der Waals surface area (Å²) in [6.07, 6.45) is 1.48. The van der Waals surface area contributed by atoms with Crippen LogP contribution in [-0.4, -0.2) is 24.2 Å². The summed E-state index contributed by atoms with van der Waals surface area (Å²) in [6, 6.07) is 19.8. The molecule has 0 spiro atoms. The van der Waals surface area contributed by atoms with Gasteiger partial charge < -0.3 is 19.8 Å². The van der Waals surface area contributed by atoms with Crippen LogP contribution in [-0.2, 0) is 14.3 Å². The lowest BCUT2D eigenvalue weighted by molar-refractivity contribution is -0.138. The van der Waals surface area contributed by atoms with Crippen LogP contribution in [0.5, 0.6) is 0 Å². The highest BCUT2D eigenvalue weighted by Crippen LogP contribution is 2.43. The molecule has 0 radical (unpaired) electrons. The van der Waals surface area contributed by atoms with E-state index < -0.39 is 11.9 Å². The van der Waals surface area contributed by atoms with Crippen molar-refractivity contribution in [1.29, 1.82) is 5.26 Å². The summed E-state index contributed by atoms with van der Waals surface area (Å²) in [5.74, 6) is -1.39. The van der Waals surface area contributed by atoms with Gasteiger partial charge in [-0.05, 0) is 36.8 Å². The molecular formula is C27H21Cl2N3O4S. The number of halogens is 2. The van der Waals surface area contributed by atoms with Crippen molar-refractivity contribution in [3.05, 3.63) is 104 Å². The van der Waals surface area contributed by atoms with Gasteiger partial charge in [0.05, 0.1) is 68.2 Å². The van der Waals surface area contributed by atoms with E-state index in [1.54, 1.807) is 37.3 Å². The van der Waals surface area contributed by atoms with Gasteiger partial charge in [0.2, 0.25) is 5.91 Å². The van der Waals surface area contributed by atoms with E-state index in [0.717, 1.165) is 11.8 Å². The number of furan rings is 1. The third-order valence-corrected chi connectivity index (χ3v) is 7.25. The molecule has 0 saturated heterocycles. The highest BCUT2D eigenvalue weighted by atomic mass is 35.5. The first-order valence-corrected chi connectivity index (χ1v) is 13.0. The van der Waals surface area contributed by atoms with Crippen LogP contribution in [0.1, 0.15) is 24.2 Å². The lowest BCUT2D eigenvalue weighted by Crippen LogP contribution is -2.29. The highest BCUT2D eigenvalue weighted by Gasteiger charge is 2.39. The maximum absolute atomic E-state index is 13.2. The predicted molar refractivity (Wildman–Crippen MR) is 145 cm³/mol. The Labute approximate surface area is 228 Å². The van der Waals surface area contributed by atoms with Gasteiger partial charge in [-0.2, -0.15) is 5.26 Å². The first-order valence-electron chi connectivity index (χ1n) is 11.2. The molecule has 0 aliphatic carbocycles. The molecule has 1 aliphatic heterocycles. The smallest absolute Gasteiger partial charge is 0.337 e. The highest BCUT2D eigenvalue weighted by molar-refractivity contribution is 8.03. The number of dihydropyridines is 1. The van der Waals surface area contributed by atoms with Crippen molar-refractivity contribution < 1.29 is 18.7 Å². The van der Waals surface area contributed by atoms with E-state index in [0.29, 0.717) is 32.8 Å². The quantitative estimate of drug-likeness (QED) is 0.313. The van der Waals surface area contributed by atoms with Crippen LogP contribution >= 0.6 is 35.0 Å². The van der Waals surface area contributed by atoms with Crippen molar-refractivity contribution >= 4 is 58.2 Å². The molecule has 7 nitrogen and oxygen atoms in total. The number of nitriles is 1. The van der Waals surface area contributed by atoms with Crippen LogP contribution < -0.4 is 10.6 Å². The standard InChI is InChI=1S/C27H21Cl2N3O4S/c1-2-35-27(34)23-22(20-12-7-13-36-20)17(14-30)26(32-25(23)16-8-4-3-5-9-16)37-15-21(33)31-19-11-6-10-18(28)24(19)29/h3-13,22,32H,2,15H2,1H3,(H,31,33)/t22-/m0/s1. The molecule has 1 aromatic heterocycles. The lowest BCUT2D eigenvalue weighted by atomic mass is 9.84. The number of esters is 1. The minimum absolute atomic E-state index is 0.0436. The van der Waals surface area contributed by atoms with Crippen LogP contribution in [0.3, 0.4) is 0 Å². The minimum Gasteiger partial charge on any atom is -0.468 e. The van der Waals surface area contributed by atoms with Crippen molar-refractivity contribution in [3.63, 3.8) is 0 Å². The van der Waals surface area contributed by atoms with Crippen molar-refractivity contribution in [2.45, 2.75) is 12.8 Å². The molecule has 1 aliphatic rings. The fourth-order valence-corrected chi connectivity index (χ4v) is 5.01. The number of hydrogen-bond donors (Lipinski definition) is 2. The molecule has 3 aromatic rings. The number of allylic oxidation sites excluding steroid dienone is 1. The molecule has 0 fully saturated rings. The monoisotopic (exact) mass is 553 g/mol. The molecule has 0 bridgehead atoms. The van der Waals surface area contributed by atoms with E-state index in [9.17, 15) is 14.9 Å². The van der Waals surface area contributed by atoms with E-state index >= 15 is 0 Å². The molecular weight excluding hydrogens is 533 g/mol. The summed E-state index contributed by atoms with van der Waals surface area (Å²) in [4.78, 5) is 26.0. The summed E-state index contributed by atoms with van der Waals surface area (Å²) < 4.78 is 11.0. The Morgan fingerprint density at radius 3 is 2.59 bits per heavy atom. The zero-order chi connectivity index (χ0) is 26.4. The molecule has 0 unspecified atom stereocenters. The Kier molecular flexibility index (Phi) is 8.62. The lowest BCUT2D eigenvalue weighted by Gasteiger charge is -2.29. The fourth-order valence-electron chi connectivity index (χ4n) is 3.82. The molecule has 0 saturated carbocycles. The first-order chi connectivity index (χ1) is 17.9. The topological polar surface area (TPSA) is 104 Å². The van der Waals surface area contributed by atoms with Gasteiger partial charge in [-0.25, -0.2) is 4.79 Å².